The molecule has 0 saturated heterocycles. The summed E-state index contributed by atoms with van der Waals surface area (Å²) in [6.07, 6.45) is 112. The van der Waals surface area contributed by atoms with E-state index in [-0.39, 0.29) is 141 Å². The van der Waals surface area contributed by atoms with Gasteiger partial charge in [0.2, 0.25) is 0 Å². The summed E-state index contributed by atoms with van der Waals surface area (Å²) in [7, 11) is 19.7. The Bertz CT molecular complexity index is 2990. The third kappa shape index (κ3) is 24.2. The van der Waals surface area contributed by atoms with Crippen molar-refractivity contribution in [3.63, 3.8) is 0 Å². The van der Waals surface area contributed by atoms with Gasteiger partial charge in [0.25, 0.3) is 0 Å². The van der Waals surface area contributed by atoms with E-state index in [9.17, 15) is 0 Å². The second-order valence-electron chi connectivity index (χ2n) is 54.2. The molecule has 0 aromatic carbocycles. The molecular weight excluding hydrogens is 2240 g/mol. The second-order valence-corrected chi connectivity index (χ2v) is 61.7. The van der Waals surface area contributed by atoms with Crippen LogP contribution in [0.1, 0.15) is 477 Å². The van der Waals surface area contributed by atoms with E-state index in [1.54, 1.807) is 424 Å². The Morgan fingerprint density at radius 2 is 0.319 bits per heavy atom. The van der Waals surface area contributed by atoms with Gasteiger partial charge in [-0.2, -0.15) is 0 Å². The molecule has 26 rings (SSSR count). The average molecular weight is 2470 g/mol. The van der Waals surface area contributed by atoms with Crippen LogP contribution >= 0.6 is 34.1 Å². The van der Waals surface area contributed by atoms with Crippen LogP contribution in [-0.2, 0) is 93.4 Å². The molecule has 26 aliphatic carbocycles. The van der Waals surface area contributed by atoms with Crippen LogP contribution in [0.25, 0.3) is 0 Å². The van der Waals surface area contributed by atoms with Gasteiger partial charge in [-0.25, -0.2) is 0 Å². The van der Waals surface area contributed by atoms with Crippen LogP contribution in [0.15, 0.2) is 0 Å². The van der Waals surface area contributed by atoms with Crippen LogP contribution in [0.3, 0.4) is 0 Å². The predicted octanol–water partition coefficient (Wildman–Crippen LogP) is 42.4. The fourth-order valence-electron chi connectivity index (χ4n) is 47.3. The van der Waals surface area contributed by atoms with E-state index in [1.807, 2.05) is 0 Å². The molecule has 138 heavy (non-hydrogen) atoms. The van der Waals surface area contributed by atoms with E-state index in [1.165, 1.54) is 84.9 Å². The summed E-state index contributed by atoms with van der Waals surface area (Å²) in [5, 5.41) is 0. The van der Waals surface area contributed by atoms with Gasteiger partial charge in [0.15, 0.2) is 0 Å². The Morgan fingerprint density at radius 3 is 0.486 bits per heavy atom. The van der Waals surface area contributed by atoms with Crippen molar-refractivity contribution in [1.29, 1.82) is 0 Å². The molecule has 8 heteroatoms. The molecule has 32 unspecified atom stereocenters. The molecule has 26 saturated carbocycles. The molecular formula is C130H228Cl4Hf2Zr2. The first-order valence-corrected chi connectivity index (χ1v) is 71.5. The van der Waals surface area contributed by atoms with Gasteiger partial charge in [-0.05, 0) is 490 Å². The monoisotopic (exact) mass is 2470 g/mol. The summed E-state index contributed by atoms with van der Waals surface area (Å²) in [6, 6.07) is 0. The molecule has 0 aromatic rings. The quantitative estimate of drug-likeness (QED) is 0.168. The van der Waals surface area contributed by atoms with Crippen LogP contribution in [-0.4, -0.2) is 0 Å². The van der Waals surface area contributed by atoms with E-state index in [0.717, 1.165) is 188 Å². The van der Waals surface area contributed by atoms with Crippen molar-refractivity contribution in [2.24, 2.45) is 258 Å². The molecule has 0 radical (unpaired) electrons. The van der Waals surface area contributed by atoms with Crippen molar-refractivity contribution in [2.75, 3.05) is 0 Å². The molecule has 792 valence electrons. The molecule has 0 aliphatic heterocycles. The van der Waals surface area contributed by atoms with Gasteiger partial charge in [-0.1, -0.05) is 246 Å². The smallest absolute Gasteiger partial charge is 4.00 e. The van der Waals surface area contributed by atoms with E-state index in [4.69, 9.17) is 34.1 Å². The summed E-state index contributed by atoms with van der Waals surface area (Å²) >= 11 is -1.65. The number of halogens is 4. The van der Waals surface area contributed by atoms with E-state index in [2.05, 4.69) is 27.7 Å². The number of hydrogen-bond acceptors (Lipinski definition) is 0. The Morgan fingerprint density at radius 1 is 0.174 bits per heavy atom. The van der Waals surface area contributed by atoms with E-state index < -0.39 is 41.7 Å². The van der Waals surface area contributed by atoms with Crippen LogP contribution in [0.2, 0.25) is 0 Å². The van der Waals surface area contributed by atoms with Gasteiger partial charge in [-0.3, -0.25) is 0 Å². The molecule has 0 heterocycles. The number of hydrogen-bond donors (Lipinski definition) is 0. The van der Waals surface area contributed by atoms with Crippen molar-refractivity contribution >= 4 is 34.1 Å². The zero-order valence-corrected chi connectivity index (χ0v) is 109. The fourth-order valence-corrected chi connectivity index (χ4v) is 47.3. The van der Waals surface area contributed by atoms with Gasteiger partial charge in [0.05, 0.1) is 0 Å². The Labute approximate surface area is 941 Å². The number of fused-ring (bicyclic) bond motifs is 28. The van der Waals surface area contributed by atoms with Crippen molar-refractivity contribution in [3.05, 3.63) is 89.1 Å². The predicted molar refractivity (Wildman–Crippen MR) is 596 cm³/mol. The summed E-state index contributed by atoms with van der Waals surface area (Å²) in [4.78, 5) is 0. The molecule has 0 spiro atoms. The topological polar surface area (TPSA) is 0 Å². The van der Waals surface area contributed by atoms with Gasteiger partial charge < -0.3 is 89.1 Å². The summed E-state index contributed by atoms with van der Waals surface area (Å²) < 4.78 is 0. The number of rotatable bonds is 8. The van der Waals surface area contributed by atoms with E-state index >= 15 is 0 Å². The molecule has 0 aromatic heterocycles. The van der Waals surface area contributed by atoms with Crippen LogP contribution in [0.4, 0.5) is 0 Å². The van der Waals surface area contributed by atoms with Crippen molar-refractivity contribution < 1.29 is 93.4 Å². The fraction of sp³-hybridized carbons (Fsp3) is 0.908. The molecule has 0 nitrogen and oxygen atoms in total. The maximum atomic E-state index is 4.93. The molecule has 0 N–H and O–H groups in total. The van der Waals surface area contributed by atoms with Crippen LogP contribution in [0.5, 0.6) is 0 Å². The molecule has 26 aliphatic rings. The molecule has 0 amide bonds. The van der Waals surface area contributed by atoms with Gasteiger partial charge >= 0.3 is 127 Å². The first kappa shape index (κ1) is 130. The maximum Gasteiger partial charge on any atom is 4.00 e. The van der Waals surface area contributed by atoms with Crippen molar-refractivity contribution in [1.82, 2.24) is 0 Å². The standard InChI is InChI=1S/2C30H48.2C29H48.12CH3.4ClH.2Hf.2Zr/c2*1-5-12-23-20(8-1)14-16-25-27(23)28-24-13-6-2-9-21(24)15-17-26(28)29(25)30(18-7-19-30)22-10-3-4-11-22;2*1-29(2,21-11-5-6-12-21)28-24-17-15-19-9-3-7-13-22(19)26(24)27-23-14-8-4-10-20(23)16-18-25(27)28;;;;;;;;;;;;;;;;;;;;/h2*20-29H,1-19H2;2*19-28H,3-18H2,1-2H3;12*1H3;4*1H;;;;/q;;;;12*-1;;;;;4*+4/p-4. The minimum absolute atomic E-state index is 0. The maximum absolute atomic E-state index is 4.93. The second kappa shape index (κ2) is 57.6. The third-order valence-electron chi connectivity index (χ3n) is 50.9. The van der Waals surface area contributed by atoms with Crippen molar-refractivity contribution in [2.45, 2.75) is 477 Å². The van der Waals surface area contributed by atoms with Crippen molar-refractivity contribution in [3.8, 4) is 0 Å². The largest absolute Gasteiger partial charge is 4.00 e. The van der Waals surface area contributed by atoms with Crippen LogP contribution in [0, 0.1) is 347 Å². The Hall–Kier alpha value is 4.67. The average Bonchev–Trinajstić information content (AvgIpc) is 1.54. The minimum atomic E-state index is -0.826. The summed E-state index contributed by atoms with van der Waals surface area (Å²) in [5.74, 6) is 45.6. The SMILES string of the molecule is C1CCC2C(C1)CCC1C2C2C3CCCCC3CCC2C1C1(C2CCCC2)CCC1.C1CCC2C(C1)CCC1C2C2C3CCCCC3CCC2C1C1(C2CCCC2)CCC1.CC(C)(C1CCCC1)C1C2CCC3CCCCC3C2C2C3CCCCC3CCC21.CC(C)(C1CCCC1)C1C2CCC3CCCCC3C2C2C3CCCCC3CCC21.[CH3-].[CH3-].[CH3-].[CH3-].[CH3-].[CH3-].[CH3-].[CH3-].[CH3-].[CH3-].[CH3-].[CH3-].[Cl][Zr+2][Cl].[Cl][Zr+2][Cl].[Hf+4].[Hf+4]. The molecule has 32 atom stereocenters. The summed E-state index contributed by atoms with van der Waals surface area (Å²) in [6.45, 7) is 11.1. The molecule has 26 fully saturated rings. The summed E-state index contributed by atoms with van der Waals surface area (Å²) in [5.41, 5.74) is 2.90. The normalized spacial score (nSPS) is 44.2. The van der Waals surface area contributed by atoms with Gasteiger partial charge in [0.1, 0.15) is 0 Å². The van der Waals surface area contributed by atoms with Crippen LogP contribution < -0.4 is 0 Å². The molecule has 0 bridgehead atoms. The first-order valence-electron chi connectivity index (χ1n) is 58.8. The zero-order valence-electron chi connectivity index (χ0n) is 94.1. The van der Waals surface area contributed by atoms with Gasteiger partial charge in [-0.15, -0.1) is 0 Å². The first-order chi connectivity index (χ1) is 60.9. The van der Waals surface area contributed by atoms with E-state index in [0.29, 0.717) is 10.8 Å². The minimum Gasteiger partial charge on any atom is 4.00 e. The Balaban J connectivity index is 0.000000238. The third-order valence-corrected chi connectivity index (χ3v) is 50.9. The van der Waals surface area contributed by atoms with Gasteiger partial charge in [0, 0.05) is 0 Å². The zero-order chi connectivity index (χ0) is 84.0. The Kier molecular flexibility index (Phi) is 54.0.